The Morgan fingerprint density at radius 3 is 1.34 bits per heavy atom. The molecule has 2 fully saturated rings. The SMILES string of the molecule is Cn1cc([C@@H]2C[C@H]2C(=O)Nc2cc3cc(-c4c(Cl)cccc4Cl)cc(N)c3cn2)cn1.Cn1cc([C@H]2C[C@@H]2C(=O)Nc2cc3cc(-c4c(Cl)cccc4Cl)cc(N)c3cn2)cn1. The lowest BCUT2D eigenvalue weighted by Gasteiger charge is -2.12. The summed E-state index contributed by atoms with van der Waals surface area (Å²) < 4.78 is 3.50. The molecule has 2 aliphatic carbocycles. The molecule has 4 atom stereocenters. The topological polar surface area (TPSA) is 172 Å². The number of halogens is 4. The number of hydrogen-bond donors (Lipinski definition) is 4. The zero-order valence-corrected chi connectivity index (χ0v) is 36.3. The van der Waals surface area contributed by atoms with E-state index in [9.17, 15) is 9.59 Å². The molecule has 10 rings (SSSR count). The number of rotatable bonds is 8. The van der Waals surface area contributed by atoms with Crippen molar-refractivity contribution in [1.29, 1.82) is 0 Å². The highest BCUT2D eigenvalue weighted by atomic mass is 35.5. The lowest BCUT2D eigenvalue weighted by atomic mass is 10.0. The van der Waals surface area contributed by atoms with Crippen LogP contribution in [0.3, 0.4) is 0 Å². The van der Waals surface area contributed by atoms with Crippen LogP contribution < -0.4 is 22.1 Å². The summed E-state index contributed by atoms with van der Waals surface area (Å²) in [6, 6.07) is 21.9. The van der Waals surface area contributed by atoms with Crippen molar-refractivity contribution in [3.63, 3.8) is 0 Å². The molecule has 0 unspecified atom stereocenters. The van der Waals surface area contributed by atoms with Gasteiger partial charge in [0.15, 0.2) is 0 Å². The van der Waals surface area contributed by atoms with Gasteiger partial charge in [0.2, 0.25) is 11.8 Å². The Labute approximate surface area is 376 Å². The van der Waals surface area contributed by atoms with E-state index in [1.165, 1.54) is 0 Å². The van der Waals surface area contributed by atoms with E-state index >= 15 is 0 Å². The van der Waals surface area contributed by atoms with Gasteiger partial charge in [-0.15, -0.1) is 0 Å². The second kappa shape index (κ2) is 16.6. The van der Waals surface area contributed by atoms with E-state index in [4.69, 9.17) is 57.9 Å². The van der Waals surface area contributed by atoms with E-state index in [0.29, 0.717) is 43.1 Å². The van der Waals surface area contributed by atoms with Crippen molar-refractivity contribution in [3.05, 3.63) is 141 Å². The summed E-state index contributed by atoms with van der Waals surface area (Å²) >= 11 is 25.5. The number of carbonyl (C=O) groups excluding carboxylic acids is 2. The molecule has 6 N–H and O–H groups in total. The Hall–Kier alpha value is -6.18. The van der Waals surface area contributed by atoms with Crippen molar-refractivity contribution in [2.75, 3.05) is 22.1 Å². The number of nitrogens with zero attached hydrogens (tertiary/aromatic N) is 6. The van der Waals surface area contributed by atoms with Gasteiger partial charge in [-0.2, -0.15) is 10.2 Å². The summed E-state index contributed by atoms with van der Waals surface area (Å²) in [5.74, 6) is 1.16. The van der Waals surface area contributed by atoms with E-state index < -0.39 is 0 Å². The largest absolute Gasteiger partial charge is 0.398 e. The first-order chi connectivity index (χ1) is 29.8. The molecule has 0 radical (unpaired) electrons. The molecule has 8 aromatic rings. The first-order valence-corrected chi connectivity index (χ1v) is 21.2. The molecule has 2 aliphatic rings. The molecule has 16 heteroatoms. The molecule has 0 aliphatic heterocycles. The Morgan fingerprint density at radius 2 is 0.984 bits per heavy atom. The van der Waals surface area contributed by atoms with Crippen LogP contribution in [-0.2, 0) is 23.7 Å². The van der Waals surface area contributed by atoms with Crippen LogP contribution in [0.25, 0.3) is 43.8 Å². The van der Waals surface area contributed by atoms with Crippen molar-refractivity contribution in [2.45, 2.75) is 24.7 Å². The van der Waals surface area contributed by atoms with Crippen LogP contribution >= 0.6 is 46.4 Å². The van der Waals surface area contributed by atoms with Gasteiger partial charge < -0.3 is 22.1 Å². The smallest absolute Gasteiger partial charge is 0.229 e. The number of benzene rings is 4. The quantitative estimate of drug-likeness (QED) is 0.109. The first kappa shape index (κ1) is 41.2. The third kappa shape index (κ3) is 8.38. The zero-order chi connectivity index (χ0) is 43.4. The maximum absolute atomic E-state index is 12.7. The van der Waals surface area contributed by atoms with Crippen LogP contribution in [0.15, 0.2) is 110 Å². The number of carbonyl (C=O) groups is 2. The molecule has 0 saturated heterocycles. The van der Waals surface area contributed by atoms with Gasteiger partial charge >= 0.3 is 0 Å². The molecule has 4 aromatic heterocycles. The second-order valence-electron chi connectivity index (χ2n) is 15.7. The minimum absolute atomic E-state index is 0.0426. The van der Waals surface area contributed by atoms with E-state index in [2.05, 4.69) is 30.8 Å². The maximum atomic E-state index is 12.7. The molecule has 312 valence electrons. The van der Waals surface area contributed by atoms with E-state index in [-0.39, 0.29) is 35.5 Å². The Bertz CT molecular complexity index is 2830. The highest BCUT2D eigenvalue weighted by Crippen LogP contribution is 2.49. The monoisotopic (exact) mass is 902 g/mol. The molecule has 12 nitrogen and oxygen atoms in total. The lowest BCUT2D eigenvalue weighted by Crippen LogP contribution is -2.15. The molecule has 4 heterocycles. The predicted octanol–water partition coefficient (Wildman–Crippen LogP) is 10.5. The molecular formula is C46H38Cl4N10O2. The summed E-state index contributed by atoms with van der Waals surface area (Å²) in [7, 11) is 3.74. The third-order valence-electron chi connectivity index (χ3n) is 11.3. The number of nitrogen functional groups attached to an aromatic ring is 2. The number of hydrogen-bond acceptors (Lipinski definition) is 8. The predicted molar refractivity (Wildman–Crippen MR) is 249 cm³/mol. The normalized spacial score (nSPS) is 17.6. The maximum Gasteiger partial charge on any atom is 0.229 e. The fourth-order valence-corrected chi connectivity index (χ4v) is 9.18. The van der Waals surface area contributed by atoms with Crippen LogP contribution in [0.2, 0.25) is 20.1 Å². The number of fused-ring (bicyclic) bond motifs is 2. The van der Waals surface area contributed by atoms with E-state index in [0.717, 1.165) is 67.8 Å². The minimum Gasteiger partial charge on any atom is -0.398 e. The first-order valence-electron chi connectivity index (χ1n) is 19.7. The van der Waals surface area contributed by atoms with Gasteiger partial charge in [0.1, 0.15) is 11.6 Å². The average Bonchev–Trinajstić information content (AvgIpc) is 4.13. The Balaban J connectivity index is 0.000000158. The van der Waals surface area contributed by atoms with Gasteiger partial charge in [-0.05, 0) is 118 Å². The number of aromatic nitrogens is 6. The summed E-state index contributed by atoms with van der Waals surface area (Å²) in [4.78, 5) is 34.2. The van der Waals surface area contributed by atoms with Crippen molar-refractivity contribution in [1.82, 2.24) is 29.5 Å². The van der Waals surface area contributed by atoms with Crippen molar-refractivity contribution < 1.29 is 9.59 Å². The van der Waals surface area contributed by atoms with Crippen LogP contribution in [0, 0.1) is 11.8 Å². The van der Waals surface area contributed by atoms with Crippen LogP contribution in [0.4, 0.5) is 23.0 Å². The number of nitrogens with one attached hydrogen (secondary N) is 2. The highest BCUT2D eigenvalue weighted by molar-refractivity contribution is 6.40. The zero-order valence-electron chi connectivity index (χ0n) is 33.3. The Morgan fingerprint density at radius 1 is 0.597 bits per heavy atom. The van der Waals surface area contributed by atoms with Crippen molar-refractivity contribution in [2.24, 2.45) is 25.9 Å². The van der Waals surface area contributed by atoms with Crippen LogP contribution in [0.1, 0.15) is 35.8 Å². The van der Waals surface area contributed by atoms with Crippen LogP contribution in [0.5, 0.6) is 0 Å². The van der Waals surface area contributed by atoms with Gasteiger partial charge in [0.05, 0.1) is 12.4 Å². The molecule has 4 aromatic carbocycles. The van der Waals surface area contributed by atoms with Crippen molar-refractivity contribution in [3.8, 4) is 22.3 Å². The molecular weight excluding hydrogens is 866 g/mol. The second-order valence-corrected chi connectivity index (χ2v) is 17.3. The summed E-state index contributed by atoms with van der Waals surface area (Å²) in [6.07, 6.45) is 12.5. The molecule has 2 amide bonds. The van der Waals surface area contributed by atoms with Gasteiger partial charge in [-0.1, -0.05) is 58.5 Å². The molecule has 2 saturated carbocycles. The molecule has 0 bridgehead atoms. The third-order valence-corrected chi connectivity index (χ3v) is 12.6. The molecule has 0 spiro atoms. The minimum atomic E-state index is -0.0694. The van der Waals surface area contributed by atoms with Gasteiger partial charge in [0, 0.05) is 104 Å². The van der Waals surface area contributed by atoms with E-state index in [1.54, 1.807) is 58.2 Å². The fourth-order valence-electron chi connectivity index (χ4n) is 7.95. The van der Waals surface area contributed by atoms with Crippen molar-refractivity contribution >= 4 is 103 Å². The average molecular weight is 905 g/mol. The number of pyridine rings is 2. The number of nitrogens with two attached hydrogens (primary N) is 2. The molecule has 62 heavy (non-hydrogen) atoms. The standard InChI is InChI=1S/2C23H19Cl2N5O/c2*1-30-11-14(9-28-30)15-8-16(15)23(31)29-21-7-12-5-13(6-20(26)17(12)10-27-21)22-18(24)3-2-4-19(22)25/h2*2-7,9-11,15-16H,8,26H2,1H3,(H,27,29,31)/t2*15-,16+/m10/s1. The fraction of sp³-hybridized carbons (Fsp3) is 0.174. The Kier molecular flexibility index (Phi) is 11.0. The number of aryl methyl sites for hydroxylation is 2. The highest BCUT2D eigenvalue weighted by Gasteiger charge is 2.45. The summed E-state index contributed by atoms with van der Waals surface area (Å²) in [5, 5.41) is 19.7. The van der Waals surface area contributed by atoms with Crippen LogP contribution in [-0.4, -0.2) is 41.3 Å². The summed E-state index contributed by atoms with van der Waals surface area (Å²) in [6.45, 7) is 0. The van der Waals surface area contributed by atoms with Gasteiger partial charge in [-0.25, -0.2) is 9.97 Å². The number of amides is 2. The lowest BCUT2D eigenvalue weighted by molar-refractivity contribution is -0.118. The van der Waals surface area contributed by atoms with Gasteiger partial charge in [-0.3, -0.25) is 19.0 Å². The number of anilines is 4. The summed E-state index contributed by atoms with van der Waals surface area (Å²) in [5.41, 5.74) is 18.9. The van der Waals surface area contributed by atoms with E-state index in [1.807, 2.05) is 75.3 Å². The van der Waals surface area contributed by atoms with Gasteiger partial charge in [0.25, 0.3) is 0 Å².